The number of rotatable bonds is 6. The summed E-state index contributed by atoms with van der Waals surface area (Å²) in [5, 5.41) is 4.77. The molecule has 0 saturated carbocycles. The molecule has 0 aliphatic heterocycles. The highest BCUT2D eigenvalue weighted by Crippen LogP contribution is 1.98. The number of hydrogen-bond acceptors (Lipinski definition) is 5. The third-order valence-electron chi connectivity index (χ3n) is 2.17. The smallest absolute Gasteiger partial charge is 0.328 e. The lowest BCUT2D eigenvalue weighted by Gasteiger charge is -2.12. The van der Waals surface area contributed by atoms with Gasteiger partial charge in [-0.15, -0.1) is 0 Å². The summed E-state index contributed by atoms with van der Waals surface area (Å²) >= 11 is 0. The maximum atomic E-state index is 11.5. The molecule has 1 unspecified atom stereocenters. The Kier molecular flexibility index (Phi) is 5.59. The van der Waals surface area contributed by atoms with Crippen LogP contribution in [-0.2, 0) is 14.3 Å². The second kappa shape index (κ2) is 7.20. The Bertz CT molecular complexity index is 441. The van der Waals surface area contributed by atoms with Gasteiger partial charge in [0.25, 0.3) is 5.91 Å². The van der Waals surface area contributed by atoms with Gasteiger partial charge in [-0.2, -0.15) is 0 Å². The van der Waals surface area contributed by atoms with Gasteiger partial charge in [0.2, 0.25) is 5.91 Å². The predicted molar refractivity (Wildman–Crippen MR) is 65.3 cm³/mol. The average Bonchev–Trinajstić information content (AvgIpc) is 2.90. The van der Waals surface area contributed by atoms with Crippen LogP contribution in [0.25, 0.3) is 0 Å². The predicted octanol–water partition coefficient (Wildman–Crippen LogP) is 0.0772. The van der Waals surface area contributed by atoms with E-state index in [0.717, 1.165) is 0 Å². The van der Waals surface area contributed by atoms with E-state index < -0.39 is 23.8 Å². The van der Waals surface area contributed by atoms with Crippen molar-refractivity contribution in [3.05, 3.63) is 24.2 Å². The summed E-state index contributed by atoms with van der Waals surface area (Å²) in [6.07, 6.45) is 1.36. The Morgan fingerprint density at radius 1 is 1.42 bits per heavy atom. The number of carbonyl (C=O) groups excluding carboxylic acids is 3. The minimum absolute atomic E-state index is 0.117. The van der Waals surface area contributed by atoms with Crippen molar-refractivity contribution in [1.82, 2.24) is 10.6 Å². The number of nitrogens with one attached hydrogen (secondary N) is 2. The average molecular weight is 268 g/mol. The van der Waals surface area contributed by atoms with E-state index >= 15 is 0 Å². The highest BCUT2D eigenvalue weighted by molar-refractivity contribution is 5.94. The molecular weight excluding hydrogens is 252 g/mol. The molecule has 1 rings (SSSR count). The van der Waals surface area contributed by atoms with Crippen molar-refractivity contribution in [1.29, 1.82) is 0 Å². The zero-order chi connectivity index (χ0) is 14.3. The maximum absolute atomic E-state index is 11.5. The van der Waals surface area contributed by atoms with E-state index in [1.54, 1.807) is 13.0 Å². The first kappa shape index (κ1) is 14.7. The molecule has 0 aromatic carbocycles. The van der Waals surface area contributed by atoms with Gasteiger partial charge in [0.15, 0.2) is 5.76 Å². The number of furan rings is 1. The van der Waals surface area contributed by atoms with Crippen molar-refractivity contribution in [2.45, 2.75) is 19.9 Å². The van der Waals surface area contributed by atoms with Crippen molar-refractivity contribution < 1.29 is 23.5 Å². The maximum Gasteiger partial charge on any atom is 0.328 e. The minimum Gasteiger partial charge on any atom is -0.464 e. The topological polar surface area (TPSA) is 97.6 Å². The SMILES string of the molecule is CCOC(=O)C(C)NC(=O)CNC(=O)c1ccco1. The number of hydrogen-bond donors (Lipinski definition) is 2. The number of carbonyl (C=O) groups is 3. The monoisotopic (exact) mass is 268 g/mol. The number of ether oxygens (including phenoxy) is 1. The van der Waals surface area contributed by atoms with Crippen LogP contribution >= 0.6 is 0 Å². The van der Waals surface area contributed by atoms with E-state index in [-0.39, 0.29) is 18.9 Å². The van der Waals surface area contributed by atoms with Gasteiger partial charge in [-0.05, 0) is 26.0 Å². The van der Waals surface area contributed by atoms with Crippen LogP contribution in [0.1, 0.15) is 24.4 Å². The molecule has 1 atom stereocenters. The molecule has 0 radical (unpaired) electrons. The molecule has 104 valence electrons. The Morgan fingerprint density at radius 3 is 2.74 bits per heavy atom. The number of amides is 2. The lowest BCUT2D eigenvalue weighted by molar-refractivity contribution is -0.146. The molecule has 0 fully saturated rings. The fourth-order valence-electron chi connectivity index (χ4n) is 1.27. The lowest BCUT2D eigenvalue weighted by atomic mass is 10.3. The molecule has 1 heterocycles. The summed E-state index contributed by atoms with van der Waals surface area (Å²) in [6, 6.07) is 2.29. The van der Waals surface area contributed by atoms with E-state index in [1.165, 1.54) is 19.3 Å². The molecular formula is C12H16N2O5. The second-order valence-corrected chi connectivity index (χ2v) is 3.70. The first-order chi connectivity index (χ1) is 9.04. The van der Waals surface area contributed by atoms with Crippen molar-refractivity contribution in [3.8, 4) is 0 Å². The van der Waals surface area contributed by atoms with Gasteiger partial charge in [-0.25, -0.2) is 4.79 Å². The Morgan fingerprint density at radius 2 is 2.16 bits per heavy atom. The Balaban J connectivity index is 2.32. The standard InChI is InChI=1S/C12H16N2O5/c1-3-18-12(17)8(2)14-10(15)7-13-11(16)9-5-4-6-19-9/h4-6,8H,3,7H2,1-2H3,(H,13,16)(H,14,15). The van der Waals surface area contributed by atoms with Gasteiger partial charge in [0.05, 0.1) is 19.4 Å². The summed E-state index contributed by atoms with van der Waals surface area (Å²) in [4.78, 5) is 34.2. The van der Waals surface area contributed by atoms with E-state index in [1.807, 2.05) is 0 Å². The van der Waals surface area contributed by atoms with Crippen LogP contribution in [0.4, 0.5) is 0 Å². The molecule has 2 N–H and O–H groups in total. The molecule has 0 aliphatic rings. The quantitative estimate of drug-likeness (QED) is 0.712. The van der Waals surface area contributed by atoms with Crippen LogP contribution in [0, 0.1) is 0 Å². The van der Waals surface area contributed by atoms with Crippen LogP contribution in [0.3, 0.4) is 0 Å². The van der Waals surface area contributed by atoms with Crippen LogP contribution in [0.2, 0.25) is 0 Å². The third kappa shape index (κ3) is 4.82. The summed E-state index contributed by atoms with van der Waals surface area (Å²) in [6.45, 7) is 3.18. The second-order valence-electron chi connectivity index (χ2n) is 3.70. The van der Waals surface area contributed by atoms with Gasteiger partial charge >= 0.3 is 5.97 Å². The molecule has 1 aromatic heterocycles. The van der Waals surface area contributed by atoms with Gasteiger partial charge in [-0.3, -0.25) is 9.59 Å². The number of esters is 1. The van der Waals surface area contributed by atoms with Gasteiger partial charge in [0, 0.05) is 0 Å². The fraction of sp³-hybridized carbons (Fsp3) is 0.417. The Hall–Kier alpha value is -2.31. The highest BCUT2D eigenvalue weighted by atomic mass is 16.5. The molecule has 19 heavy (non-hydrogen) atoms. The zero-order valence-corrected chi connectivity index (χ0v) is 10.8. The normalized spacial score (nSPS) is 11.5. The van der Waals surface area contributed by atoms with Crippen molar-refractivity contribution in [3.63, 3.8) is 0 Å². The minimum atomic E-state index is -0.757. The van der Waals surface area contributed by atoms with Crippen molar-refractivity contribution >= 4 is 17.8 Å². The molecule has 7 heteroatoms. The van der Waals surface area contributed by atoms with Crippen LogP contribution in [0.15, 0.2) is 22.8 Å². The molecule has 1 aromatic rings. The summed E-state index contributed by atoms with van der Waals surface area (Å²) in [5.41, 5.74) is 0. The molecule has 0 aliphatic carbocycles. The van der Waals surface area contributed by atoms with Gasteiger partial charge < -0.3 is 19.8 Å². The largest absolute Gasteiger partial charge is 0.464 e. The van der Waals surface area contributed by atoms with Crippen LogP contribution in [0.5, 0.6) is 0 Å². The summed E-state index contributed by atoms with van der Waals surface area (Å²) < 4.78 is 9.59. The third-order valence-corrected chi connectivity index (χ3v) is 2.17. The van der Waals surface area contributed by atoms with Crippen LogP contribution < -0.4 is 10.6 Å². The van der Waals surface area contributed by atoms with E-state index in [9.17, 15) is 14.4 Å². The van der Waals surface area contributed by atoms with Crippen molar-refractivity contribution in [2.75, 3.05) is 13.2 Å². The van der Waals surface area contributed by atoms with E-state index in [4.69, 9.17) is 9.15 Å². The Labute approximate surface area is 110 Å². The van der Waals surface area contributed by atoms with Crippen molar-refractivity contribution in [2.24, 2.45) is 0 Å². The fourth-order valence-corrected chi connectivity index (χ4v) is 1.27. The first-order valence-electron chi connectivity index (χ1n) is 5.82. The lowest BCUT2D eigenvalue weighted by Crippen LogP contribution is -2.44. The first-order valence-corrected chi connectivity index (χ1v) is 5.82. The van der Waals surface area contributed by atoms with E-state index in [0.29, 0.717) is 0 Å². The molecule has 7 nitrogen and oxygen atoms in total. The molecule has 0 saturated heterocycles. The van der Waals surface area contributed by atoms with Crippen LogP contribution in [-0.4, -0.2) is 37.0 Å². The molecule has 0 bridgehead atoms. The molecule has 2 amide bonds. The van der Waals surface area contributed by atoms with E-state index in [2.05, 4.69) is 10.6 Å². The van der Waals surface area contributed by atoms with Gasteiger partial charge in [-0.1, -0.05) is 0 Å². The highest BCUT2D eigenvalue weighted by Gasteiger charge is 2.17. The van der Waals surface area contributed by atoms with Gasteiger partial charge in [0.1, 0.15) is 6.04 Å². The zero-order valence-electron chi connectivity index (χ0n) is 10.8. The summed E-state index contributed by atoms with van der Waals surface area (Å²) in [5.74, 6) is -1.39. The molecule has 0 spiro atoms. The summed E-state index contributed by atoms with van der Waals surface area (Å²) in [7, 11) is 0.